The molecule has 4 rings (SSSR count). The maximum atomic E-state index is 13.4. The zero-order valence-electron chi connectivity index (χ0n) is 19.0. The molecule has 6 heteroatoms. The Kier molecular flexibility index (Phi) is 6.78. The minimum atomic E-state index is -0.0366. The van der Waals surface area contributed by atoms with Crippen molar-refractivity contribution in [2.45, 2.75) is 45.1 Å². The zero-order chi connectivity index (χ0) is 22.5. The maximum absolute atomic E-state index is 13.4. The lowest BCUT2D eigenvalue weighted by Gasteiger charge is -2.35. The van der Waals surface area contributed by atoms with Gasteiger partial charge in [-0.1, -0.05) is 24.3 Å². The molecule has 0 spiro atoms. The van der Waals surface area contributed by atoms with Crippen molar-refractivity contribution in [2.75, 3.05) is 20.8 Å². The Morgan fingerprint density at radius 2 is 1.88 bits per heavy atom. The second kappa shape index (κ2) is 9.90. The number of carbonyl (C=O) groups excluding carboxylic acids is 1. The molecular weight excluding hydrogens is 404 g/mol. The summed E-state index contributed by atoms with van der Waals surface area (Å²) < 4.78 is 16.6. The number of oxazole rings is 1. The quantitative estimate of drug-likeness (QED) is 0.505. The molecule has 6 nitrogen and oxygen atoms in total. The lowest BCUT2D eigenvalue weighted by Crippen LogP contribution is -2.44. The van der Waals surface area contributed by atoms with Crippen molar-refractivity contribution in [1.82, 2.24) is 9.88 Å². The summed E-state index contributed by atoms with van der Waals surface area (Å²) in [6.07, 6.45) is 4.90. The number of carbonyl (C=O) groups is 1. The SMILES string of the molecule is COc1ccc(CCC2CCCCN2C(=O)c2nc(-c3ccccc3)oc2C)cc1OC. The van der Waals surface area contributed by atoms with E-state index >= 15 is 0 Å². The molecule has 0 bridgehead atoms. The number of aromatic nitrogens is 1. The lowest BCUT2D eigenvalue weighted by atomic mass is 9.95. The Morgan fingerprint density at radius 3 is 2.62 bits per heavy atom. The van der Waals surface area contributed by atoms with Gasteiger partial charge in [-0.05, 0) is 68.9 Å². The van der Waals surface area contributed by atoms with Gasteiger partial charge in [-0.3, -0.25) is 4.79 Å². The molecule has 0 radical (unpaired) electrons. The zero-order valence-corrected chi connectivity index (χ0v) is 19.0. The molecule has 1 saturated heterocycles. The second-order valence-electron chi connectivity index (χ2n) is 8.17. The first-order chi connectivity index (χ1) is 15.6. The minimum absolute atomic E-state index is 0.0366. The van der Waals surface area contributed by atoms with E-state index in [-0.39, 0.29) is 11.9 Å². The third kappa shape index (κ3) is 4.64. The van der Waals surface area contributed by atoms with Crippen LogP contribution in [0, 0.1) is 6.92 Å². The van der Waals surface area contributed by atoms with Gasteiger partial charge in [-0.15, -0.1) is 0 Å². The largest absolute Gasteiger partial charge is 0.493 e. The molecule has 1 aliphatic rings. The van der Waals surface area contributed by atoms with Crippen LogP contribution in [0.5, 0.6) is 11.5 Å². The highest BCUT2D eigenvalue weighted by molar-refractivity contribution is 5.94. The van der Waals surface area contributed by atoms with Gasteiger partial charge in [0.1, 0.15) is 5.76 Å². The number of aryl methyl sites for hydroxylation is 2. The molecule has 168 valence electrons. The number of methoxy groups -OCH3 is 2. The maximum Gasteiger partial charge on any atom is 0.276 e. The van der Waals surface area contributed by atoms with Crippen molar-refractivity contribution < 1.29 is 18.7 Å². The summed E-state index contributed by atoms with van der Waals surface area (Å²) in [5.74, 6) is 2.48. The van der Waals surface area contributed by atoms with Gasteiger partial charge in [0.25, 0.3) is 5.91 Å². The van der Waals surface area contributed by atoms with E-state index < -0.39 is 0 Å². The number of amides is 1. The van der Waals surface area contributed by atoms with Crippen molar-refractivity contribution in [3.05, 3.63) is 65.5 Å². The van der Waals surface area contributed by atoms with E-state index in [9.17, 15) is 4.79 Å². The highest BCUT2D eigenvalue weighted by Gasteiger charge is 2.30. The molecular formula is C26H30N2O4. The number of ether oxygens (including phenoxy) is 2. The second-order valence-corrected chi connectivity index (χ2v) is 8.17. The number of likely N-dealkylation sites (tertiary alicyclic amines) is 1. The van der Waals surface area contributed by atoms with Crippen LogP contribution in [0.2, 0.25) is 0 Å². The fraction of sp³-hybridized carbons (Fsp3) is 0.385. The Bertz CT molecular complexity index is 1060. The van der Waals surface area contributed by atoms with Crippen molar-refractivity contribution in [2.24, 2.45) is 0 Å². The van der Waals surface area contributed by atoms with E-state index in [1.807, 2.05) is 54.3 Å². The average molecular weight is 435 g/mol. The summed E-state index contributed by atoms with van der Waals surface area (Å²) in [5, 5.41) is 0. The van der Waals surface area contributed by atoms with Gasteiger partial charge in [0.05, 0.1) is 14.2 Å². The van der Waals surface area contributed by atoms with Crippen LogP contribution in [0.15, 0.2) is 52.9 Å². The minimum Gasteiger partial charge on any atom is -0.493 e. The van der Waals surface area contributed by atoms with Gasteiger partial charge in [0, 0.05) is 18.2 Å². The average Bonchev–Trinajstić information content (AvgIpc) is 3.24. The smallest absolute Gasteiger partial charge is 0.276 e. The Hall–Kier alpha value is -3.28. The van der Waals surface area contributed by atoms with Crippen molar-refractivity contribution >= 4 is 5.91 Å². The molecule has 2 aromatic carbocycles. The van der Waals surface area contributed by atoms with Crippen LogP contribution < -0.4 is 9.47 Å². The summed E-state index contributed by atoms with van der Waals surface area (Å²) in [5.41, 5.74) is 2.46. The summed E-state index contributed by atoms with van der Waals surface area (Å²) in [6, 6.07) is 15.9. The van der Waals surface area contributed by atoms with Crippen molar-refractivity contribution in [3.8, 4) is 23.0 Å². The molecule has 3 aromatic rings. The molecule has 0 N–H and O–H groups in total. The number of hydrogen-bond donors (Lipinski definition) is 0. The fourth-order valence-electron chi connectivity index (χ4n) is 4.37. The summed E-state index contributed by atoms with van der Waals surface area (Å²) >= 11 is 0. The number of hydrogen-bond acceptors (Lipinski definition) is 5. The van der Waals surface area contributed by atoms with Crippen molar-refractivity contribution in [1.29, 1.82) is 0 Å². The standard InChI is InChI=1S/C26H30N2O4/c1-18-24(27-25(32-18)20-9-5-4-6-10-20)26(29)28-16-8-7-11-21(28)14-12-19-13-15-22(30-2)23(17-19)31-3/h4-6,9-10,13,15,17,21H,7-8,11-12,14,16H2,1-3H3. The summed E-state index contributed by atoms with van der Waals surface area (Å²) in [6.45, 7) is 2.57. The first kappa shape index (κ1) is 21.9. The molecule has 1 amide bonds. The van der Waals surface area contributed by atoms with Gasteiger partial charge in [-0.2, -0.15) is 0 Å². The first-order valence-corrected chi connectivity index (χ1v) is 11.2. The monoisotopic (exact) mass is 434 g/mol. The molecule has 32 heavy (non-hydrogen) atoms. The van der Waals surface area contributed by atoms with Gasteiger partial charge in [0.2, 0.25) is 5.89 Å². The number of benzene rings is 2. The topological polar surface area (TPSA) is 64.8 Å². The van der Waals surface area contributed by atoms with Crippen LogP contribution in [0.25, 0.3) is 11.5 Å². The molecule has 0 aliphatic carbocycles. The summed E-state index contributed by atoms with van der Waals surface area (Å²) in [7, 11) is 3.28. The van der Waals surface area contributed by atoms with Crippen LogP contribution in [-0.4, -0.2) is 42.6 Å². The van der Waals surface area contributed by atoms with Gasteiger partial charge in [0.15, 0.2) is 17.2 Å². The van der Waals surface area contributed by atoms with E-state index in [1.54, 1.807) is 14.2 Å². The van der Waals surface area contributed by atoms with Crippen LogP contribution in [0.1, 0.15) is 47.5 Å². The lowest BCUT2D eigenvalue weighted by molar-refractivity contribution is 0.0594. The first-order valence-electron chi connectivity index (χ1n) is 11.2. The normalized spacial score (nSPS) is 16.1. The van der Waals surface area contributed by atoms with E-state index in [0.29, 0.717) is 17.3 Å². The predicted molar refractivity (Wildman–Crippen MR) is 123 cm³/mol. The molecule has 1 aromatic heterocycles. The van der Waals surface area contributed by atoms with Crippen LogP contribution in [0.4, 0.5) is 0 Å². The molecule has 0 saturated carbocycles. The predicted octanol–water partition coefficient (Wildman–Crippen LogP) is 5.29. The Balaban J connectivity index is 1.49. The number of nitrogens with zero attached hydrogens (tertiary/aromatic N) is 2. The number of rotatable bonds is 7. The van der Waals surface area contributed by atoms with E-state index in [2.05, 4.69) is 11.1 Å². The van der Waals surface area contributed by atoms with Crippen LogP contribution >= 0.6 is 0 Å². The van der Waals surface area contributed by atoms with Crippen LogP contribution in [0.3, 0.4) is 0 Å². The van der Waals surface area contributed by atoms with Gasteiger partial charge in [-0.25, -0.2) is 4.98 Å². The van der Waals surface area contributed by atoms with E-state index in [1.165, 1.54) is 5.56 Å². The van der Waals surface area contributed by atoms with Crippen LogP contribution in [-0.2, 0) is 6.42 Å². The Labute approximate surface area is 189 Å². The molecule has 1 atom stereocenters. The molecule has 1 aliphatic heterocycles. The highest BCUT2D eigenvalue weighted by atomic mass is 16.5. The van der Waals surface area contributed by atoms with Gasteiger partial charge >= 0.3 is 0 Å². The van der Waals surface area contributed by atoms with E-state index in [0.717, 1.165) is 55.7 Å². The fourth-order valence-corrected chi connectivity index (χ4v) is 4.37. The van der Waals surface area contributed by atoms with E-state index in [4.69, 9.17) is 13.9 Å². The number of piperidine rings is 1. The van der Waals surface area contributed by atoms with Gasteiger partial charge < -0.3 is 18.8 Å². The molecule has 2 heterocycles. The third-order valence-corrected chi connectivity index (χ3v) is 6.12. The summed E-state index contributed by atoms with van der Waals surface area (Å²) in [4.78, 5) is 20.0. The molecule has 1 fully saturated rings. The third-order valence-electron chi connectivity index (χ3n) is 6.12. The highest BCUT2D eigenvalue weighted by Crippen LogP contribution is 2.30. The van der Waals surface area contributed by atoms with Crippen molar-refractivity contribution in [3.63, 3.8) is 0 Å². The molecule has 1 unspecified atom stereocenters. The Morgan fingerprint density at radius 1 is 1.09 bits per heavy atom.